The van der Waals surface area contributed by atoms with Gasteiger partial charge in [-0.1, -0.05) is 0 Å². The molecule has 0 bridgehead atoms. The highest BCUT2D eigenvalue weighted by atomic mass is 16.3. The zero-order chi connectivity index (χ0) is 9.52. The van der Waals surface area contributed by atoms with Gasteiger partial charge in [0.2, 0.25) is 0 Å². The molecule has 1 rings (SSSR count). The molecular weight excluding hydrogens is 166 g/mol. The summed E-state index contributed by atoms with van der Waals surface area (Å²) in [6.07, 6.45) is 1.26. The molecule has 0 amide bonds. The summed E-state index contributed by atoms with van der Waals surface area (Å²) in [6.45, 7) is 3.65. The van der Waals surface area contributed by atoms with Gasteiger partial charge in [0.1, 0.15) is 0 Å². The Morgan fingerprint density at radius 2 is 2.46 bits per heavy atom. The van der Waals surface area contributed by atoms with E-state index in [2.05, 4.69) is 16.3 Å². The van der Waals surface area contributed by atoms with Crippen molar-refractivity contribution in [3.8, 4) is 6.07 Å². The van der Waals surface area contributed by atoms with E-state index in [1.807, 2.05) is 0 Å². The van der Waals surface area contributed by atoms with Crippen molar-refractivity contribution >= 4 is 0 Å². The Balaban J connectivity index is 2.33. The molecule has 4 heteroatoms. The largest absolute Gasteiger partial charge is 0.314 e. The van der Waals surface area contributed by atoms with Crippen LogP contribution in [0.4, 0.5) is 0 Å². The standard InChI is InChI=1S/C9H16N3O/c10-3-2-9-8-11-4-6-12(9)5-1-7-13/h9,11H,1-2,4-8H2. The SMILES string of the molecule is N#CCC1CNCCN1CCC[O]. The predicted molar refractivity (Wildman–Crippen MR) is 48.6 cm³/mol. The number of rotatable bonds is 4. The fourth-order valence-electron chi connectivity index (χ4n) is 1.67. The van der Waals surface area contributed by atoms with Crippen LogP contribution in [-0.2, 0) is 5.11 Å². The third-order valence-corrected chi connectivity index (χ3v) is 2.39. The third-order valence-electron chi connectivity index (χ3n) is 2.39. The highest BCUT2D eigenvalue weighted by Crippen LogP contribution is 2.06. The zero-order valence-corrected chi connectivity index (χ0v) is 7.83. The van der Waals surface area contributed by atoms with E-state index in [4.69, 9.17) is 5.26 Å². The molecule has 0 aromatic rings. The molecule has 4 nitrogen and oxygen atoms in total. The number of nitrogens with zero attached hydrogens (tertiary/aromatic N) is 2. The molecule has 0 spiro atoms. The zero-order valence-electron chi connectivity index (χ0n) is 7.83. The molecule has 1 saturated heterocycles. The minimum atomic E-state index is -0.0107. The molecule has 1 fully saturated rings. The molecule has 0 saturated carbocycles. The van der Waals surface area contributed by atoms with Crippen LogP contribution in [-0.4, -0.2) is 43.7 Å². The third kappa shape index (κ3) is 3.31. The van der Waals surface area contributed by atoms with Crippen LogP contribution in [0.3, 0.4) is 0 Å². The van der Waals surface area contributed by atoms with Gasteiger partial charge in [0.05, 0.1) is 19.1 Å². The van der Waals surface area contributed by atoms with Crippen LogP contribution in [0.1, 0.15) is 12.8 Å². The first-order valence-corrected chi connectivity index (χ1v) is 4.78. The Hall–Kier alpha value is -0.630. The van der Waals surface area contributed by atoms with Crippen LogP contribution in [0.15, 0.2) is 0 Å². The van der Waals surface area contributed by atoms with Crippen LogP contribution in [0, 0.1) is 11.3 Å². The molecule has 1 radical (unpaired) electrons. The van der Waals surface area contributed by atoms with Gasteiger partial charge in [0, 0.05) is 32.2 Å². The van der Waals surface area contributed by atoms with Gasteiger partial charge in [-0.3, -0.25) is 4.90 Å². The molecule has 1 N–H and O–H groups in total. The van der Waals surface area contributed by atoms with Gasteiger partial charge in [0.15, 0.2) is 0 Å². The maximum Gasteiger partial charge on any atom is 0.0834 e. The lowest BCUT2D eigenvalue weighted by atomic mass is 10.1. The topological polar surface area (TPSA) is 59.0 Å². The van der Waals surface area contributed by atoms with Crippen molar-refractivity contribution in [3.05, 3.63) is 0 Å². The summed E-state index contributed by atoms with van der Waals surface area (Å²) < 4.78 is 0. The minimum absolute atomic E-state index is 0.0107. The van der Waals surface area contributed by atoms with E-state index in [1.165, 1.54) is 0 Å². The fraction of sp³-hybridized carbons (Fsp3) is 0.889. The molecule has 0 aromatic carbocycles. The summed E-state index contributed by atoms with van der Waals surface area (Å²) in [5.74, 6) is 0. The monoisotopic (exact) mass is 182 g/mol. The molecule has 1 aliphatic heterocycles. The predicted octanol–water partition coefficient (Wildman–Crippen LogP) is -0.00552. The molecule has 73 valence electrons. The van der Waals surface area contributed by atoms with E-state index in [9.17, 15) is 5.11 Å². The Bertz CT molecular complexity index is 178. The van der Waals surface area contributed by atoms with Gasteiger partial charge >= 0.3 is 0 Å². The normalized spacial score (nSPS) is 24.2. The molecule has 13 heavy (non-hydrogen) atoms. The van der Waals surface area contributed by atoms with Gasteiger partial charge in [-0.05, 0) is 6.42 Å². The summed E-state index contributed by atoms with van der Waals surface area (Å²) >= 11 is 0. The summed E-state index contributed by atoms with van der Waals surface area (Å²) in [4.78, 5) is 2.25. The van der Waals surface area contributed by atoms with E-state index in [0.29, 0.717) is 18.9 Å². The lowest BCUT2D eigenvalue weighted by molar-refractivity contribution is 0.128. The first-order valence-electron chi connectivity index (χ1n) is 4.78. The van der Waals surface area contributed by atoms with E-state index in [0.717, 1.165) is 26.2 Å². The van der Waals surface area contributed by atoms with Gasteiger partial charge in [-0.2, -0.15) is 5.26 Å². The highest BCUT2D eigenvalue weighted by Gasteiger charge is 2.20. The first-order chi connectivity index (χ1) is 6.38. The average molecular weight is 182 g/mol. The van der Waals surface area contributed by atoms with E-state index in [-0.39, 0.29) is 6.61 Å². The van der Waals surface area contributed by atoms with Crippen LogP contribution in [0.2, 0.25) is 0 Å². The Labute approximate surface area is 79.1 Å². The smallest absolute Gasteiger partial charge is 0.0834 e. The molecule has 1 atom stereocenters. The van der Waals surface area contributed by atoms with Crippen LogP contribution < -0.4 is 5.32 Å². The van der Waals surface area contributed by atoms with Crippen molar-refractivity contribution < 1.29 is 5.11 Å². The molecular formula is C9H16N3O. The van der Waals surface area contributed by atoms with Crippen LogP contribution in [0.5, 0.6) is 0 Å². The Morgan fingerprint density at radius 1 is 1.62 bits per heavy atom. The fourth-order valence-corrected chi connectivity index (χ4v) is 1.67. The Morgan fingerprint density at radius 3 is 3.15 bits per heavy atom. The summed E-state index contributed by atoms with van der Waals surface area (Å²) in [7, 11) is 0. The first kappa shape index (κ1) is 10.5. The molecule has 1 unspecified atom stereocenters. The lowest BCUT2D eigenvalue weighted by Gasteiger charge is -2.34. The van der Waals surface area contributed by atoms with Gasteiger partial charge in [-0.25, -0.2) is 5.11 Å². The average Bonchev–Trinajstić information content (AvgIpc) is 2.17. The van der Waals surface area contributed by atoms with Gasteiger partial charge in [0.25, 0.3) is 0 Å². The quantitative estimate of drug-likeness (QED) is 0.665. The molecule has 1 aliphatic rings. The van der Waals surface area contributed by atoms with Crippen LogP contribution in [0.25, 0.3) is 0 Å². The van der Waals surface area contributed by atoms with Crippen LogP contribution >= 0.6 is 0 Å². The number of piperazine rings is 1. The number of nitrogens with one attached hydrogen (secondary N) is 1. The second-order valence-corrected chi connectivity index (χ2v) is 3.31. The maximum atomic E-state index is 10.3. The van der Waals surface area contributed by atoms with Crippen molar-refractivity contribution in [1.82, 2.24) is 10.2 Å². The van der Waals surface area contributed by atoms with Crippen molar-refractivity contribution in [2.24, 2.45) is 0 Å². The van der Waals surface area contributed by atoms with Gasteiger partial charge < -0.3 is 5.32 Å². The van der Waals surface area contributed by atoms with Crippen molar-refractivity contribution in [2.75, 3.05) is 32.8 Å². The second kappa shape index (κ2) is 5.92. The summed E-state index contributed by atoms with van der Waals surface area (Å²) in [5, 5.41) is 22.2. The number of hydrogen-bond acceptors (Lipinski definition) is 3. The molecule has 0 aromatic heterocycles. The minimum Gasteiger partial charge on any atom is -0.314 e. The lowest BCUT2D eigenvalue weighted by Crippen LogP contribution is -2.51. The summed E-state index contributed by atoms with van der Waals surface area (Å²) in [5.41, 5.74) is 0. The van der Waals surface area contributed by atoms with E-state index < -0.39 is 0 Å². The summed E-state index contributed by atoms with van der Waals surface area (Å²) in [6, 6.07) is 2.49. The number of nitriles is 1. The van der Waals surface area contributed by atoms with Crippen molar-refractivity contribution in [3.63, 3.8) is 0 Å². The van der Waals surface area contributed by atoms with E-state index in [1.54, 1.807) is 0 Å². The Kier molecular flexibility index (Phi) is 4.76. The number of hydrogen-bond donors (Lipinski definition) is 1. The highest BCUT2D eigenvalue weighted by molar-refractivity contribution is 4.87. The van der Waals surface area contributed by atoms with Crippen molar-refractivity contribution in [1.29, 1.82) is 5.26 Å². The maximum absolute atomic E-state index is 10.3. The second-order valence-electron chi connectivity index (χ2n) is 3.31. The van der Waals surface area contributed by atoms with Gasteiger partial charge in [-0.15, -0.1) is 0 Å². The molecule has 1 heterocycles. The van der Waals surface area contributed by atoms with Crippen molar-refractivity contribution in [2.45, 2.75) is 18.9 Å². The molecule has 0 aliphatic carbocycles. The van der Waals surface area contributed by atoms with E-state index >= 15 is 0 Å².